The van der Waals surface area contributed by atoms with Gasteiger partial charge in [-0.15, -0.1) is 0 Å². The first-order valence-corrected chi connectivity index (χ1v) is 7.69. The predicted molar refractivity (Wildman–Crippen MR) is 77.7 cm³/mol. The number of alkyl carbamates (subject to hydrolysis) is 1. The van der Waals surface area contributed by atoms with Gasteiger partial charge in [-0.1, -0.05) is 0 Å². The van der Waals surface area contributed by atoms with Gasteiger partial charge < -0.3 is 20.1 Å². The molecular weight excluding hydrogens is 256 g/mol. The summed E-state index contributed by atoms with van der Waals surface area (Å²) in [5.41, 5.74) is -0.444. The second kappa shape index (κ2) is 6.31. The molecule has 1 saturated carbocycles. The van der Waals surface area contributed by atoms with Gasteiger partial charge in [0.2, 0.25) is 0 Å². The number of carbonyl (C=O) groups is 1. The van der Waals surface area contributed by atoms with Crippen LogP contribution < -0.4 is 10.6 Å². The second-order valence-corrected chi connectivity index (χ2v) is 6.96. The third-order valence-electron chi connectivity index (χ3n) is 3.86. The number of nitrogens with one attached hydrogen (secondary N) is 2. The van der Waals surface area contributed by atoms with Crippen molar-refractivity contribution in [3.05, 3.63) is 0 Å². The largest absolute Gasteiger partial charge is 0.444 e. The lowest BCUT2D eigenvalue weighted by Gasteiger charge is -2.26. The van der Waals surface area contributed by atoms with Gasteiger partial charge >= 0.3 is 6.09 Å². The van der Waals surface area contributed by atoms with Crippen molar-refractivity contribution in [1.29, 1.82) is 0 Å². The first kappa shape index (κ1) is 15.6. The number of ether oxygens (including phenoxy) is 2. The minimum absolute atomic E-state index is 0.262. The fourth-order valence-corrected chi connectivity index (χ4v) is 2.59. The molecule has 2 fully saturated rings. The second-order valence-electron chi connectivity index (χ2n) is 6.96. The molecule has 0 aromatic heterocycles. The summed E-state index contributed by atoms with van der Waals surface area (Å²) in [4.78, 5) is 11.7. The van der Waals surface area contributed by atoms with Gasteiger partial charge in [-0.2, -0.15) is 0 Å². The Balaban J connectivity index is 1.76. The monoisotopic (exact) mass is 284 g/mol. The highest BCUT2D eigenvalue weighted by Gasteiger charge is 2.35. The lowest BCUT2D eigenvalue weighted by atomic mass is 10.1. The molecule has 0 radical (unpaired) electrons. The Labute approximate surface area is 121 Å². The van der Waals surface area contributed by atoms with Crippen LogP contribution in [0, 0.1) is 5.92 Å². The normalized spacial score (nSPS) is 28.2. The van der Waals surface area contributed by atoms with Crippen LogP contribution in [0.15, 0.2) is 0 Å². The van der Waals surface area contributed by atoms with Gasteiger partial charge in [0.15, 0.2) is 0 Å². The molecule has 1 amide bonds. The van der Waals surface area contributed by atoms with Crippen LogP contribution in [0.2, 0.25) is 0 Å². The predicted octanol–water partition coefficient (Wildman–Crippen LogP) is 2.06. The average molecular weight is 284 g/mol. The molecule has 2 aliphatic rings. The molecule has 1 aliphatic carbocycles. The van der Waals surface area contributed by atoms with E-state index in [0.717, 1.165) is 13.0 Å². The fourth-order valence-electron chi connectivity index (χ4n) is 2.59. The Bertz CT molecular complexity index is 337. The maximum Gasteiger partial charge on any atom is 0.407 e. The Kier molecular flexibility index (Phi) is 4.91. The van der Waals surface area contributed by atoms with E-state index in [0.29, 0.717) is 24.5 Å². The Morgan fingerprint density at radius 1 is 1.35 bits per heavy atom. The summed E-state index contributed by atoms with van der Waals surface area (Å²) in [7, 11) is 0. The Morgan fingerprint density at radius 3 is 2.55 bits per heavy atom. The topological polar surface area (TPSA) is 59.6 Å². The summed E-state index contributed by atoms with van der Waals surface area (Å²) in [5.74, 6) is 0.678. The lowest BCUT2D eigenvalue weighted by Crippen LogP contribution is -2.49. The van der Waals surface area contributed by atoms with E-state index in [4.69, 9.17) is 9.47 Å². The van der Waals surface area contributed by atoms with Crippen molar-refractivity contribution in [3.8, 4) is 0 Å². The van der Waals surface area contributed by atoms with E-state index in [1.54, 1.807) is 0 Å². The molecular formula is C15H28N2O3. The number of carbonyl (C=O) groups excluding carboxylic acids is 1. The van der Waals surface area contributed by atoms with Crippen LogP contribution in [0.3, 0.4) is 0 Å². The van der Waals surface area contributed by atoms with Crippen molar-refractivity contribution in [1.82, 2.24) is 10.6 Å². The molecule has 3 atom stereocenters. The first-order valence-electron chi connectivity index (χ1n) is 7.69. The van der Waals surface area contributed by atoms with Crippen LogP contribution in [0.5, 0.6) is 0 Å². The van der Waals surface area contributed by atoms with E-state index in [1.165, 1.54) is 12.8 Å². The maximum atomic E-state index is 11.7. The highest BCUT2D eigenvalue weighted by Crippen LogP contribution is 2.33. The van der Waals surface area contributed by atoms with Crippen LogP contribution in [0.4, 0.5) is 4.79 Å². The first-order chi connectivity index (χ1) is 9.35. The zero-order valence-corrected chi connectivity index (χ0v) is 13.1. The van der Waals surface area contributed by atoms with Crippen LogP contribution in [0.25, 0.3) is 0 Å². The quantitative estimate of drug-likeness (QED) is 0.811. The molecule has 3 unspecified atom stereocenters. The molecule has 5 nitrogen and oxygen atoms in total. The molecule has 116 valence electrons. The van der Waals surface area contributed by atoms with Crippen LogP contribution >= 0.6 is 0 Å². The van der Waals surface area contributed by atoms with Gasteiger partial charge in [-0.25, -0.2) is 4.79 Å². The Hall–Kier alpha value is -0.810. The van der Waals surface area contributed by atoms with E-state index in [2.05, 4.69) is 17.6 Å². The molecule has 2 rings (SSSR count). The zero-order chi connectivity index (χ0) is 14.8. The molecule has 1 aliphatic heterocycles. The number of rotatable bonds is 5. The van der Waals surface area contributed by atoms with Crippen molar-refractivity contribution in [2.45, 2.75) is 70.7 Å². The molecule has 0 bridgehead atoms. The van der Waals surface area contributed by atoms with E-state index in [1.807, 2.05) is 20.8 Å². The molecule has 20 heavy (non-hydrogen) atoms. The molecule has 2 N–H and O–H groups in total. The smallest absolute Gasteiger partial charge is 0.407 e. The van der Waals surface area contributed by atoms with Crippen molar-refractivity contribution in [2.75, 3.05) is 13.2 Å². The van der Waals surface area contributed by atoms with Crippen molar-refractivity contribution in [2.24, 2.45) is 5.92 Å². The maximum absolute atomic E-state index is 11.7. The summed E-state index contributed by atoms with van der Waals surface area (Å²) in [6.07, 6.45) is 3.47. The highest BCUT2D eigenvalue weighted by molar-refractivity contribution is 5.67. The van der Waals surface area contributed by atoms with Gasteiger partial charge in [0.05, 0.1) is 6.10 Å². The Morgan fingerprint density at radius 2 is 2.05 bits per heavy atom. The van der Waals surface area contributed by atoms with Gasteiger partial charge in [-0.05, 0) is 52.9 Å². The lowest BCUT2D eigenvalue weighted by molar-refractivity contribution is 0.0518. The summed E-state index contributed by atoms with van der Waals surface area (Å²) in [6, 6.07) is 0.734. The van der Waals surface area contributed by atoms with Gasteiger partial charge in [0.25, 0.3) is 0 Å². The molecule has 0 spiro atoms. The van der Waals surface area contributed by atoms with E-state index in [9.17, 15) is 4.79 Å². The zero-order valence-electron chi connectivity index (χ0n) is 13.1. The minimum Gasteiger partial charge on any atom is -0.444 e. The van der Waals surface area contributed by atoms with Crippen molar-refractivity contribution in [3.63, 3.8) is 0 Å². The standard InChI is InChI=1S/C15H28N2O3/c1-10-12(7-8-19-10)17-13(11-5-6-11)9-16-14(18)20-15(2,3)4/h10-13,17H,5-9H2,1-4H3,(H,16,18). The van der Waals surface area contributed by atoms with Crippen molar-refractivity contribution < 1.29 is 14.3 Å². The van der Waals surface area contributed by atoms with E-state index >= 15 is 0 Å². The van der Waals surface area contributed by atoms with E-state index < -0.39 is 5.60 Å². The van der Waals surface area contributed by atoms with Crippen LogP contribution in [-0.4, -0.2) is 43.0 Å². The fraction of sp³-hybridized carbons (Fsp3) is 0.933. The van der Waals surface area contributed by atoms with Gasteiger partial charge in [0.1, 0.15) is 5.60 Å². The third kappa shape index (κ3) is 4.94. The summed E-state index contributed by atoms with van der Waals surface area (Å²) < 4.78 is 10.9. The summed E-state index contributed by atoms with van der Waals surface area (Å²) in [6.45, 7) is 9.19. The highest BCUT2D eigenvalue weighted by atomic mass is 16.6. The van der Waals surface area contributed by atoms with Gasteiger partial charge in [0, 0.05) is 25.2 Å². The SMILES string of the molecule is CC1OCCC1NC(CNC(=O)OC(C)(C)C)C1CC1. The number of amides is 1. The summed E-state index contributed by atoms with van der Waals surface area (Å²) in [5, 5.41) is 6.54. The molecule has 1 heterocycles. The third-order valence-corrected chi connectivity index (χ3v) is 3.86. The number of hydrogen-bond acceptors (Lipinski definition) is 4. The van der Waals surface area contributed by atoms with Gasteiger partial charge in [-0.3, -0.25) is 0 Å². The average Bonchev–Trinajstić information content (AvgIpc) is 3.07. The molecule has 1 saturated heterocycles. The van der Waals surface area contributed by atoms with Crippen molar-refractivity contribution >= 4 is 6.09 Å². The number of hydrogen-bond donors (Lipinski definition) is 2. The van der Waals surface area contributed by atoms with Crippen LogP contribution in [-0.2, 0) is 9.47 Å². The summed E-state index contributed by atoms with van der Waals surface area (Å²) >= 11 is 0. The van der Waals surface area contributed by atoms with Crippen LogP contribution in [0.1, 0.15) is 47.0 Å². The molecule has 5 heteroatoms. The molecule has 0 aromatic carbocycles. The minimum atomic E-state index is -0.444. The molecule has 0 aromatic rings. The van der Waals surface area contributed by atoms with E-state index in [-0.39, 0.29) is 12.2 Å².